The summed E-state index contributed by atoms with van der Waals surface area (Å²) in [5, 5.41) is 0. The number of allylic oxidation sites excluding steroid dienone is 1. The predicted octanol–water partition coefficient (Wildman–Crippen LogP) is 3.85. The molecule has 8 heteroatoms. The lowest BCUT2D eigenvalue weighted by atomic mass is 9.96. The van der Waals surface area contributed by atoms with E-state index in [9.17, 15) is 14.0 Å². The van der Waals surface area contributed by atoms with Gasteiger partial charge >= 0.3 is 5.97 Å². The first kappa shape index (κ1) is 24.2. The molecule has 1 atom stereocenters. The molecule has 0 radical (unpaired) electrons. The van der Waals surface area contributed by atoms with Gasteiger partial charge in [0.2, 0.25) is 0 Å². The molecule has 0 aliphatic carbocycles. The lowest BCUT2D eigenvalue weighted by Crippen LogP contribution is -2.39. The van der Waals surface area contributed by atoms with Gasteiger partial charge < -0.3 is 9.64 Å². The number of carbonyl (C=O) groups excluding carboxylic acids is 1. The molecule has 6 nitrogen and oxygen atoms in total. The maximum atomic E-state index is 13.7. The highest BCUT2D eigenvalue weighted by Gasteiger charge is 2.33. The third-order valence-electron chi connectivity index (χ3n) is 6.67. The van der Waals surface area contributed by atoms with E-state index in [2.05, 4.69) is 28.9 Å². The van der Waals surface area contributed by atoms with Crippen LogP contribution in [-0.2, 0) is 9.53 Å². The number of thiazole rings is 1. The number of esters is 1. The van der Waals surface area contributed by atoms with E-state index in [1.54, 1.807) is 26.0 Å². The fourth-order valence-corrected chi connectivity index (χ4v) is 6.03. The lowest BCUT2D eigenvalue weighted by Gasteiger charge is -2.24. The van der Waals surface area contributed by atoms with E-state index in [-0.39, 0.29) is 17.7 Å². The Morgan fingerprint density at radius 1 is 1.17 bits per heavy atom. The number of benzene rings is 2. The fourth-order valence-electron chi connectivity index (χ4n) is 4.98. The molecule has 186 valence electrons. The molecule has 1 saturated heterocycles. The number of ether oxygens (including phenoxy) is 1. The van der Waals surface area contributed by atoms with Crippen LogP contribution in [0.15, 0.2) is 63.5 Å². The van der Waals surface area contributed by atoms with Crippen molar-refractivity contribution in [1.82, 2.24) is 4.57 Å². The zero-order chi connectivity index (χ0) is 25.4. The number of aryl methyl sites for hydroxylation is 1. The van der Waals surface area contributed by atoms with Gasteiger partial charge in [0.15, 0.2) is 4.80 Å². The number of hydrogen-bond acceptors (Lipinski definition) is 6. The molecular formula is C28H28FN3O3S. The predicted molar refractivity (Wildman–Crippen MR) is 139 cm³/mol. The molecule has 3 aromatic rings. The van der Waals surface area contributed by atoms with E-state index in [1.807, 2.05) is 12.1 Å². The van der Waals surface area contributed by atoms with Gasteiger partial charge in [-0.25, -0.2) is 14.2 Å². The molecule has 2 aliphatic heterocycles. The summed E-state index contributed by atoms with van der Waals surface area (Å²) in [6, 6.07) is 11.3. The molecule has 0 N–H and O–H groups in total. The molecule has 0 amide bonds. The molecule has 1 aromatic heterocycles. The largest absolute Gasteiger partial charge is 0.463 e. The minimum Gasteiger partial charge on any atom is -0.463 e. The van der Waals surface area contributed by atoms with Crippen LogP contribution >= 0.6 is 11.3 Å². The van der Waals surface area contributed by atoms with Crippen molar-refractivity contribution in [2.24, 2.45) is 4.99 Å². The van der Waals surface area contributed by atoms with Crippen molar-refractivity contribution >= 4 is 29.1 Å². The van der Waals surface area contributed by atoms with E-state index in [4.69, 9.17) is 4.74 Å². The van der Waals surface area contributed by atoms with E-state index in [1.165, 1.54) is 52.1 Å². The van der Waals surface area contributed by atoms with Gasteiger partial charge in [-0.05, 0) is 80.6 Å². The SMILES string of the molecule is CCOC(=O)C1=C(C)N=c2s/c(=C/c3ccc(N4CCCC4)c(C)c3)c(=O)n2[C@H]1c1ccc(F)cc1. The Labute approximate surface area is 212 Å². The Hall–Kier alpha value is -3.52. The van der Waals surface area contributed by atoms with E-state index >= 15 is 0 Å². The second-order valence-electron chi connectivity index (χ2n) is 9.09. The molecule has 3 heterocycles. The zero-order valence-corrected chi connectivity index (χ0v) is 21.4. The molecule has 0 saturated carbocycles. The van der Waals surface area contributed by atoms with E-state index < -0.39 is 17.8 Å². The van der Waals surface area contributed by atoms with Crippen molar-refractivity contribution in [1.29, 1.82) is 0 Å². The highest BCUT2D eigenvalue weighted by Crippen LogP contribution is 2.31. The molecule has 5 rings (SSSR count). The van der Waals surface area contributed by atoms with Crippen LogP contribution in [0, 0.1) is 12.7 Å². The Kier molecular flexibility index (Phi) is 6.62. The quantitative estimate of drug-likeness (QED) is 0.495. The Morgan fingerprint density at radius 2 is 1.89 bits per heavy atom. The molecule has 2 aliphatic rings. The van der Waals surface area contributed by atoms with E-state index in [0.29, 0.717) is 20.6 Å². The summed E-state index contributed by atoms with van der Waals surface area (Å²) in [5.74, 6) is -0.923. The number of nitrogens with zero attached hydrogens (tertiary/aromatic N) is 3. The molecule has 36 heavy (non-hydrogen) atoms. The second kappa shape index (κ2) is 9.85. The monoisotopic (exact) mass is 505 g/mol. The number of carbonyl (C=O) groups is 1. The number of rotatable bonds is 5. The van der Waals surface area contributed by atoms with Crippen molar-refractivity contribution in [3.63, 3.8) is 0 Å². The van der Waals surface area contributed by atoms with Crippen LogP contribution in [0.4, 0.5) is 10.1 Å². The summed E-state index contributed by atoms with van der Waals surface area (Å²) in [7, 11) is 0. The number of aromatic nitrogens is 1. The first-order valence-corrected chi connectivity index (χ1v) is 13.0. The summed E-state index contributed by atoms with van der Waals surface area (Å²) in [6.07, 6.45) is 4.30. The first-order chi connectivity index (χ1) is 17.4. The van der Waals surface area contributed by atoms with Crippen molar-refractivity contribution in [3.8, 4) is 0 Å². The molecule has 2 aromatic carbocycles. The maximum Gasteiger partial charge on any atom is 0.338 e. The summed E-state index contributed by atoms with van der Waals surface area (Å²) in [6.45, 7) is 7.90. The molecule has 0 spiro atoms. The van der Waals surface area contributed by atoms with Gasteiger partial charge in [-0.1, -0.05) is 29.5 Å². The van der Waals surface area contributed by atoms with Crippen LogP contribution in [0.2, 0.25) is 0 Å². The first-order valence-electron chi connectivity index (χ1n) is 12.2. The van der Waals surface area contributed by atoms with Gasteiger partial charge in [0.05, 0.1) is 28.5 Å². The minimum absolute atomic E-state index is 0.197. The molecular weight excluding hydrogens is 477 g/mol. The van der Waals surface area contributed by atoms with Crippen LogP contribution in [0.1, 0.15) is 49.4 Å². The van der Waals surface area contributed by atoms with Crippen LogP contribution in [-0.4, -0.2) is 30.2 Å². The Morgan fingerprint density at radius 3 is 2.56 bits per heavy atom. The fraction of sp³-hybridized carbons (Fsp3) is 0.321. The Balaban J connectivity index is 1.63. The van der Waals surface area contributed by atoms with Gasteiger partial charge in [-0.15, -0.1) is 0 Å². The summed E-state index contributed by atoms with van der Waals surface area (Å²) >= 11 is 1.28. The van der Waals surface area contributed by atoms with Crippen LogP contribution in [0.3, 0.4) is 0 Å². The summed E-state index contributed by atoms with van der Waals surface area (Å²) in [5.41, 5.74) is 4.48. The van der Waals surface area contributed by atoms with Gasteiger partial charge in [-0.3, -0.25) is 9.36 Å². The van der Waals surface area contributed by atoms with Gasteiger partial charge in [0.1, 0.15) is 5.82 Å². The standard InChI is InChI=1S/C28H28FN3O3S/c1-4-35-27(34)24-18(3)30-28-32(25(24)20-8-10-21(29)11-9-20)26(33)23(36-28)16-19-7-12-22(17(2)15-19)31-13-5-6-14-31/h7-12,15-16,25H,4-6,13-14H2,1-3H3/b23-16+/t25-/m0/s1. The van der Waals surface area contributed by atoms with E-state index in [0.717, 1.165) is 18.7 Å². The van der Waals surface area contributed by atoms with Crippen molar-refractivity contribution in [2.75, 3.05) is 24.6 Å². The number of hydrogen-bond donors (Lipinski definition) is 0. The number of fused-ring (bicyclic) bond motifs is 1. The summed E-state index contributed by atoms with van der Waals surface area (Å²) in [4.78, 5) is 34.1. The molecule has 0 unspecified atom stereocenters. The minimum atomic E-state index is -0.748. The average molecular weight is 506 g/mol. The lowest BCUT2D eigenvalue weighted by molar-refractivity contribution is -0.139. The smallest absolute Gasteiger partial charge is 0.338 e. The van der Waals surface area contributed by atoms with Crippen LogP contribution in [0.5, 0.6) is 0 Å². The highest BCUT2D eigenvalue weighted by molar-refractivity contribution is 7.07. The highest BCUT2D eigenvalue weighted by atomic mass is 32.1. The summed E-state index contributed by atoms with van der Waals surface area (Å²) < 4.78 is 21.0. The van der Waals surface area contributed by atoms with Crippen molar-refractivity contribution in [2.45, 2.75) is 39.7 Å². The van der Waals surface area contributed by atoms with Gasteiger partial charge in [0, 0.05) is 18.8 Å². The number of halogens is 1. The van der Waals surface area contributed by atoms with Crippen LogP contribution < -0.4 is 19.8 Å². The molecule has 0 bridgehead atoms. The zero-order valence-electron chi connectivity index (χ0n) is 20.6. The van der Waals surface area contributed by atoms with Crippen molar-refractivity contribution < 1.29 is 13.9 Å². The normalized spacial score (nSPS) is 17.8. The van der Waals surface area contributed by atoms with Crippen LogP contribution in [0.25, 0.3) is 6.08 Å². The third kappa shape index (κ3) is 4.41. The average Bonchev–Trinajstić information content (AvgIpc) is 3.48. The topological polar surface area (TPSA) is 63.9 Å². The van der Waals surface area contributed by atoms with Gasteiger partial charge in [-0.2, -0.15) is 0 Å². The maximum absolute atomic E-state index is 13.7. The van der Waals surface area contributed by atoms with Crippen molar-refractivity contribution in [3.05, 3.63) is 95.9 Å². The second-order valence-corrected chi connectivity index (χ2v) is 10.1. The Bertz CT molecular complexity index is 1530. The van der Waals surface area contributed by atoms with Gasteiger partial charge in [0.25, 0.3) is 5.56 Å². The molecule has 1 fully saturated rings. The number of anilines is 1. The third-order valence-corrected chi connectivity index (χ3v) is 7.65.